The largest absolute Gasteiger partial charge is 0.481 e. The normalized spacial score (nSPS) is 11.8. The summed E-state index contributed by atoms with van der Waals surface area (Å²) in [7, 11) is -3.84. The van der Waals surface area contributed by atoms with Crippen LogP contribution in [-0.2, 0) is 27.4 Å². The van der Waals surface area contributed by atoms with Gasteiger partial charge in [0.05, 0.1) is 23.9 Å². The third kappa shape index (κ3) is 5.66. The Labute approximate surface area is 147 Å². The molecule has 0 aliphatic heterocycles. The molecule has 0 amide bonds. The molecule has 0 aliphatic rings. The molecule has 140 valence electrons. The number of carboxylic acid groups (broad SMARTS) is 1. The molecule has 2 aromatic rings. The molecule has 0 saturated carbocycles. The van der Waals surface area contributed by atoms with Crippen LogP contribution in [0.4, 0.5) is 18.9 Å². The molecule has 0 heterocycles. The first kappa shape index (κ1) is 19.6. The van der Waals surface area contributed by atoms with Gasteiger partial charge in [0.25, 0.3) is 0 Å². The van der Waals surface area contributed by atoms with Crippen molar-refractivity contribution in [1.29, 1.82) is 0 Å². The number of sulfonamides is 1. The van der Waals surface area contributed by atoms with E-state index in [1.165, 1.54) is 24.3 Å². The van der Waals surface area contributed by atoms with Gasteiger partial charge in [-0.05, 0) is 35.9 Å². The van der Waals surface area contributed by atoms with E-state index < -0.39 is 27.7 Å². The van der Waals surface area contributed by atoms with Crippen LogP contribution >= 0.6 is 0 Å². The van der Waals surface area contributed by atoms with Gasteiger partial charge in [-0.1, -0.05) is 12.1 Å². The molecule has 0 bridgehead atoms. The van der Waals surface area contributed by atoms with E-state index in [-0.39, 0.29) is 23.6 Å². The molecule has 0 atom stereocenters. The minimum atomic E-state index is -4.65. The fourth-order valence-corrected chi connectivity index (χ4v) is 2.61. The highest BCUT2D eigenvalue weighted by Crippen LogP contribution is 2.37. The smallest absolute Gasteiger partial charge is 0.416 e. The maximum atomic E-state index is 12.8. The Balaban J connectivity index is 2.34. The summed E-state index contributed by atoms with van der Waals surface area (Å²) >= 11 is 0. The van der Waals surface area contributed by atoms with Crippen molar-refractivity contribution < 1.29 is 36.2 Å². The summed E-state index contributed by atoms with van der Waals surface area (Å²) in [5.41, 5.74) is -0.892. The summed E-state index contributed by atoms with van der Waals surface area (Å²) in [5, 5.41) is 8.72. The number of rotatable bonds is 6. The van der Waals surface area contributed by atoms with Crippen molar-refractivity contribution in [2.24, 2.45) is 0 Å². The van der Waals surface area contributed by atoms with Gasteiger partial charge in [0.2, 0.25) is 10.0 Å². The lowest BCUT2D eigenvalue weighted by Gasteiger charge is -2.15. The van der Waals surface area contributed by atoms with Crippen LogP contribution in [0.5, 0.6) is 11.5 Å². The number of hydrogen-bond acceptors (Lipinski definition) is 4. The molecule has 0 aromatic heterocycles. The van der Waals surface area contributed by atoms with E-state index in [1.807, 2.05) is 4.72 Å². The first-order valence-electron chi connectivity index (χ1n) is 7.12. The highest BCUT2D eigenvalue weighted by atomic mass is 32.2. The van der Waals surface area contributed by atoms with Crippen molar-refractivity contribution in [2.75, 3.05) is 11.0 Å². The number of hydrogen-bond donors (Lipinski definition) is 2. The van der Waals surface area contributed by atoms with Crippen molar-refractivity contribution in [3.63, 3.8) is 0 Å². The first-order valence-corrected chi connectivity index (χ1v) is 9.01. The SMILES string of the molecule is CS(=O)(=O)Nc1cc(C(F)(F)F)ccc1Oc1ccc(CC(=O)O)cc1. The molecular formula is C16H14F3NO5S. The van der Waals surface area contributed by atoms with Crippen LogP contribution in [0.15, 0.2) is 42.5 Å². The zero-order valence-electron chi connectivity index (χ0n) is 13.4. The van der Waals surface area contributed by atoms with Crippen LogP contribution < -0.4 is 9.46 Å². The highest BCUT2D eigenvalue weighted by Gasteiger charge is 2.31. The third-order valence-corrected chi connectivity index (χ3v) is 3.70. The van der Waals surface area contributed by atoms with Crippen LogP contribution in [0.2, 0.25) is 0 Å². The summed E-state index contributed by atoms with van der Waals surface area (Å²) in [4.78, 5) is 10.6. The Kier molecular flexibility index (Phi) is 5.45. The van der Waals surface area contributed by atoms with Gasteiger partial charge in [-0.25, -0.2) is 8.42 Å². The first-order chi connectivity index (χ1) is 11.9. The van der Waals surface area contributed by atoms with Gasteiger partial charge in [0, 0.05) is 0 Å². The van der Waals surface area contributed by atoms with Gasteiger partial charge >= 0.3 is 12.1 Å². The molecule has 2 rings (SSSR count). The van der Waals surface area contributed by atoms with Crippen molar-refractivity contribution in [1.82, 2.24) is 0 Å². The molecule has 10 heteroatoms. The average Bonchev–Trinajstić information content (AvgIpc) is 2.48. The number of halogens is 3. The standard InChI is InChI=1S/C16H14F3NO5S/c1-26(23,24)20-13-9-11(16(17,18)19)4-7-14(13)25-12-5-2-10(3-6-12)8-15(21)22/h2-7,9,20H,8H2,1H3,(H,21,22). The van der Waals surface area contributed by atoms with Gasteiger partial charge in [-0.2, -0.15) is 13.2 Å². The molecule has 2 aromatic carbocycles. The van der Waals surface area contributed by atoms with E-state index in [0.717, 1.165) is 18.4 Å². The third-order valence-electron chi connectivity index (χ3n) is 3.11. The number of carboxylic acids is 1. The maximum Gasteiger partial charge on any atom is 0.416 e. The van der Waals surface area contributed by atoms with E-state index in [2.05, 4.69) is 0 Å². The van der Waals surface area contributed by atoms with Gasteiger partial charge in [0.15, 0.2) is 5.75 Å². The summed E-state index contributed by atoms with van der Waals surface area (Å²) < 4.78 is 68.8. The van der Waals surface area contributed by atoms with Gasteiger partial charge in [-0.3, -0.25) is 9.52 Å². The number of alkyl halides is 3. The lowest BCUT2D eigenvalue weighted by molar-refractivity contribution is -0.138. The molecule has 2 N–H and O–H groups in total. The number of aliphatic carboxylic acids is 1. The van der Waals surface area contributed by atoms with E-state index >= 15 is 0 Å². The zero-order valence-corrected chi connectivity index (χ0v) is 14.2. The Morgan fingerprint density at radius 2 is 1.77 bits per heavy atom. The van der Waals surface area contributed by atoms with Crippen molar-refractivity contribution in [3.05, 3.63) is 53.6 Å². The van der Waals surface area contributed by atoms with Crippen molar-refractivity contribution >= 4 is 21.7 Å². The van der Waals surface area contributed by atoms with E-state index in [1.54, 1.807) is 0 Å². The number of benzene rings is 2. The average molecular weight is 389 g/mol. The summed E-state index contributed by atoms with van der Waals surface area (Å²) in [5.74, 6) is -0.939. The van der Waals surface area contributed by atoms with E-state index in [0.29, 0.717) is 11.6 Å². The fraction of sp³-hybridized carbons (Fsp3) is 0.188. The fourth-order valence-electron chi connectivity index (χ4n) is 2.05. The summed E-state index contributed by atoms with van der Waals surface area (Å²) in [6.45, 7) is 0. The molecule has 0 radical (unpaired) electrons. The molecule has 6 nitrogen and oxygen atoms in total. The number of ether oxygens (including phenoxy) is 1. The Bertz CT molecular complexity index is 908. The molecule has 0 fully saturated rings. The molecule has 0 aliphatic carbocycles. The summed E-state index contributed by atoms with van der Waals surface area (Å²) in [6, 6.07) is 8.23. The topological polar surface area (TPSA) is 92.7 Å². The Morgan fingerprint density at radius 1 is 1.15 bits per heavy atom. The van der Waals surface area contributed by atoms with Crippen LogP contribution in [0.25, 0.3) is 0 Å². The highest BCUT2D eigenvalue weighted by molar-refractivity contribution is 7.92. The second kappa shape index (κ2) is 7.24. The minimum Gasteiger partial charge on any atom is -0.481 e. The van der Waals surface area contributed by atoms with Gasteiger partial charge in [0.1, 0.15) is 5.75 Å². The number of carbonyl (C=O) groups is 1. The van der Waals surface area contributed by atoms with Crippen LogP contribution in [0, 0.1) is 0 Å². The second-order valence-electron chi connectivity index (χ2n) is 5.40. The van der Waals surface area contributed by atoms with Crippen molar-refractivity contribution in [3.8, 4) is 11.5 Å². The second-order valence-corrected chi connectivity index (χ2v) is 7.15. The van der Waals surface area contributed by atoms with E-state index in [9.17, 15) is 26.4 Å². The quantitative estimate of drug-likeness (QED) is 0.789. The maximum absolute atomic E-state index is 12.8. The van der Waals surface area contributed by atoms with Crippen LogP contribution in [0.3, 0.4) is 0 Å². The Morgan fingerprint density at radius 3 is 2.27 bits per heavy atom. The lowest BCUT2D eigenvalue weighted by atomic mass is 10.1. The Hall–Kier alpha value is -2.75. The molecule has 0 unspecified atom stereocenters. The predicted molar refractivity (Wildman–Crippen MR) is 87.8 cm³/mol. The summed E-state index contributed by atoms with van der Waals surface area (Å²) in [6.07, 6.45) is -4.04. The van der Waals surface area contributed by atoms with Crippen LogP contribution in [-0.4, -0.2) is 25.7 Å². The number of anilines is 1. The monoisotopic (exact) mass is 389 g/mol. The molecule has 0 saturated heterocycles. The molecule has 26 heavy (non-hydrogen) atoms. The number of nitrogens with one attached hydrogen (secondary N) is 1. The molecular weight excluding hydrogens is 375 g/mol. The lowest BCUT2D eigenvalue weighted by Crippen LogP contribution is -2.12. The van der Waals surface area contributed by atoms with Crippen LogP contribution in [0.1, 0.15) is 11.1 Å². The predicted octanol–water partition coefficient (Wildman–Crippen LogP) is 3.50. The van der Waals surface area contributed by atoms with Gasteiger partial charge in [-0.15, -0.1) is 0 Å². The zero-order chi connectivity index (χ0) is 19.5. The molecule has 0 spiro atoms. The van der Waals surface area contributed by atoms with Gasteiger partial charge < -0.3 is 9.84 Å². The van der Waals surface area contributed by atoms with Crippen molar-refractivity contribution in [2.45, 2.75) is 12.6 Å². The van der Waals surface area contributed by atoms with E-state index in [4.69, 9.17) is 9.84 Å². The minimum absolute atomic E-state index is 0.130.